The van der Waals surface area contributed by atoms with Gasteiger partial charge in [-0.1, -0.05) is 6.07 Å². The van der Waals surface area contributed by atoms with Crippen molar-refractivity contribution in [1.29, 1.82) is 0 Å². The van der Waals surface area contributed by atoms with Crippen molar-refractivity contribution in [3.05, 3.63) is 64.7 Å². The van der Waals surface area contributed by atoms with Crippen molar-refractivity contribution >= 4 is 21.6 Å². The van der Waals surface area contributed by atoms with Gasteiger partial charge >= 0.3 is 0 Å². The highest BCUT2D eigenvalue weighted by atomic mass is 32.2. The minimum atomic E-state index is -3.40. The van der Waals surface area contributed by atoms with Gasteiger partial charge in [0.15, 0.2) is 0 Å². The van der Waals surface area contributed by atoms with Crippen LogP contribution in [0.3, 0.4) is 0 Å². The van der Waals surface area contributed by atoms with Crippen LogP contribution < -0.4 is 9.62 Å². The van der Waals surface area contributed by atoms with Crippen molar-refractivity contribution in [1.82, 2.24) is 5.32 Å². The van der Waals surface area contributed by atoms with Gasteiger partial charge in [-0.15, -0.1) is 0 Å². The second-order valence-electron chi connectivity index (χ2n) is 6.82. The highest BCUT2D eigenvalue weighted by Crippen LogP contribution is 2.34. The quantitative estimate of drug-likeness (QED) is 0.866. The Hall–Kier alpha value is -2.48. The van der Waals surface area contributed by atoms with E-state index in [1.807, 2.05) is 0 Å². The molecule has 5 nitrogen and oxygen atoms in total. The van der Waals surface area contributed by atoms with Crippen LogP contribution in [0.15, 0.2) is 36.4 Å². The number of anilines is 1. The fraction of sp³-hybridized carbons (Fsp3) is 0.316. The van der Waals surface area contributed by atoms with Gasteiger partial charge in [-0.2, -0.15) is 0 Å². The standard InChI is InChI=1S/C19H20F2N2O3S/c1-11-8-14-9-13(4-7-18(14)23(11)27(3,25)26)19(24)22-12(2)16-6-5-15(20)10-17(16)21/h4-7,9-12H,8H2,1-3H3,(H,22,24)/t11-,12-/m0/s1. The molecule has 0 aliphatic carbocycles. The van der Waals surface area contributed by atoms with Gasteiger partial charge in [0.05, 0.1) is 18.0 Å². The van der Waals surface area contributed by atoms with Crippen LogP contribution in [-0.2, 0) is 16.4 Å². The van der Waals surface area contributed by atoms with Gasteiger partial charge in [0.1, 0.15) is 11.6 Å². The molecule has 0 saturated heterocycles. The molecule has 8 heteroatoms. The number of rotatable bonds is 4. The maximum absolute atomic E-state index is 13.9. The Morgan fingerprint density at radius 1 is 1.22 bits per heavy atom. The molecule has 2 aromatic rings. The minimum Gasteiger partial charge on any atom is -0.345 e. The number of benzene rings is 2. The summed E-state index contributed by atoms with van der Waals surface area (Å²) in [6.07, 6.45) is 1.66. The molecule has 1 N–H and O–H groups in total. The Balaban J connectivity index is 1.82. The van der Waals surface area contributed by atoms with E-state index >= 15 is 0 Å². The van der Waals surface area contributed by atoms with Gasteiger partial charge in [-0.05, 0) is 50.1 Å². The second kappa shape index (κ2) is 6.92. The zero-order chi connectivity index (χ0) is 19.9. The first-order chi connectivity index (χ1) is 12.6. The topological polar surface area (TPSA) is 66.5 Å². The second-order valence-corrected chi connectivity index (χ2v) is 8.68. The molecule has 1 aliphatic heterocycles. The van der Waals surface area contributed by atoms with E-state index < -0.39 is 33.6 Å². The molecule has 0 aromatic heterocycles. The summed E-state index contributed by atoms with van der Waals surface area (Å²) in [6.45, 7) is 3.41. The minimum absolute atomic E-state index is 0.183. The number of carbonyl (C=O) groups is 1. The van der Waals surface area contributed by atoms with Gasteiger partial charge < -0.3 is 5.32 Å². The number of halogens is 2. The number of nitrogens with zero attached hydrogens (tertiary/aromatic N) is 1. The first-order valence-corrected chi connectivity index (χ1v) is 10.3. The lowest BCUT2D eigenvalue weighted by Gasteiger charge is -2.22. The molecule has 3 rings (SSSR count). The maximum Gasteiger partial charge on any atom is 0.251 e. The fourth-order valence-corrected chi connectivity index (χ4v) is 4.72. The number of amides is 1. The van der Waals surface area contributed by atoms with E-state index in [1.165, 1.54) is 16.4 Å². The summed E-state index contributed by atoms with van der Waals surface area (Å²) < 4.78 is 52.2. The summed E-state index contributed by atoms with van der Waals surface area (Å²) in [7, 11) is -3.40. The van der Waals surface area contributed by atoms with Gasteiger partial charge in [-0.25, -0.2) is 17.2 Å². The van der Waals surface area contributed by atoms with Crippen LogP contribution in [0.25, 0.3) is 0 Å². The molecule has 0 spiro atoms. The van der Waals surface area contributed by atoms with E-state index in [0.29, 0.717) is 17.7 Å². The lowest BCUT2D eigenvalue weighted by Crippen LogP contribution is -2.34. The van der Waals surface area contributed by atoms with Crippen LogP contribution in [0.5, 0.6) is 0 Å². The van der Waals surface area contributed by atoms with Crippen molar-refractivity contribution in [2.45, 2.75) is 32.4 Å². The Morgan fingerprint density at radius 3 is 2.56 bits per heavy atom. The molecule has 0 fully saturated rings. The Kier molecular flexibility index (Phi) is 4.94. The van der Waals surface area contributed by atoms with Gasteiger partial charge in [0.25, 0.3) is 5.91 Å². The molecular weight excluding hydrogens is 374 g/mol. The van der Waals surface area contributed by atoms with Crippen molar-refractivity contribution < 1.29 is 22.0 Å². The third kappa shape index (κ3) is 3.80. The van der Waals surface area contributed by atoms with E-state index in [0.717, 1.165) is 24.0 Å². The van der Waals surface area contributed by atoms with Crippen LogP contribution in [0.4, 0.5) is 14.5 Å². The average Bonchev–Trinajstić information content (AvgIpc) is 2.89. The first kappa shape index (κ1) is 19.3. The van der Waals surface area contributed by atoms with Crippen LogP contribution in [-0.4, -0.2) is 26.6 Å². The van der Waals surface area contributed by atoms with Crippen LogP contribution in [0.1, 0.15) is 41.4 Å². The normalized spacial score (nSPS) is 17.5. The predicted octanol–water partition coefficient (Wildman–Crippen LogP) is 3.17. The Morgan fingerprint density at radius 2 is 1.93 bits per heavy atom. The van der Waals surface area contributed by atoms with E-state index in [-0.39, 0.29) is 11.6 Å². The molecule has 0 bridgehead atoms. The van der Waals surface area contributed by atoms with E-state index in [9.17, 15) is 22.0 Å². The smallest absolute Gasteiger partial charge is 0.251 e. The molecule has 1 heterocycles. The van der Waals surface area contributed by atoms with Crippen molar-refractivity contribution in [3.8, 4) is 0 Å². The van der Waals surface area contributed by atoms with E-state index in [1.54, 1.807) is 26.0 Å². The summed E-state index contributed by atoms with van der Waals surface area (Å²) in [5.74, 6) is -1.83. The average molecular weight is 394 g/mol. The van der Waals surface area contributed by atoms with Crippen molar-refractivity contribution in [2.75, 3.05) is 10.6 Å². The SMILES string of the molecule is C[C@H](NC(=O)c1ccc2c(c1)C[C@H](C)N2S(C)(=O)=O)c1ccc(F)cc1F. The van der Waals surface area contributed by atoms with Gasteiger partial charge in [-0.3, -0.25) is 9.10 Å². The van der Waals surface area contributed by atoms with Crippen LogP contribution in [0, 0.1) is 11.6 Å². The highest BCUT2D eigenvalue weighted by Gasteiger charge is 2.32. The number of carbonyl (C=O) groups excluding carboxylic acids is 1. The molecule has 2 aromatic carbocycles. The van der Waals surface area contributed by atoms with Crippen LogP contribution >= 0.6 is 0 Å². The van der Waals surface area contributed by atoms with E-state index in [2.05, 4.69) is 5.32 Å². The summed E-state index contributed by atoms with van der Waals surface area (Å²) in [5.41, 5.74) is 1.87. The molecule has 144 valence electrons. The predicted molar refractivity (Wildman–Crippen MR) is 99.2 cm³/mol. The fourth-order valence-electron chi connectivity index (χ4n) is 3.46. The number of sulfonamides is 1. The summed E-state index contributed by atoms with van der Waals surface area (Å²) in [5, 5.41) is 2.68. The molecule has 2 atom stereocenters. The highest BCUT2D eigenvalue weighted by molar-refractivity contribution is 7.92. The molecule has 0 saturated carbocycles. The molecule has 1 amide bonds. The van der Waals surface area contributed by atoms with Gasteiger partial charge in [0.2, 0.25) is 10.0 Å². The molecule has 0 unspecified atom stereocenters. The van der Waals surface area contributed by atoms with E-state index in [4.69, 9.17) is 0 Å². The summed E-state index contributed by atoms with van der Waals surface area (Å²) in [4.78, 5) is 12.5. The Labute approximate surface area is 157 Å². The van der Waals surface area contributed by atoms with Crippen molar-refractivity contribution in [2.24, 2.45) is 0 Å². The van der Waals surface area contributed by atoms with Gasteiger partial charge in [0, 0.05) is 23.2 Å². The zero-order valence-electron chi connectivity index (χ0n) is 15.2. The van der Waals surface area contributed by atoms with Crippen LogP contribution in [0.2, 0.25) is 0 Å². The lowest BCUT2D eigenvalue weighted by atomic mass is 10.0. The largest absolute Gasteiger partial charge is 0.345 e. The zero-order valence-corrected chi connectivity index (χ0v) is 16.0. The third-order valence-corrected chi connectivity index (χ3v) is 5.90. The molecular formula is C19H20F2N2O3S. The third-order valence-electron chi connectivity index (χ3n) is 4.63. The number of hydrogen-bond acceptors (Lipinski definition) is 3. The summed E-state index contributed by atoms with van der Waals surface area (Å²) in [6, 6.07) is 7.13. The molecule has 27 heavy (non-hydrogen) atoms. The van der Waals surface area contributed by atoms with Crippen molar-refractivity contribution in [3.63, 3.8) is 0 Å². The monoisotopic (exact) mass is 394 g/mol. The molecule has 1 aliphatic rings. The number of fused-ring (bicyclic) bond motifs is 1. The Bertz CT molecular complexity index is 1010. The molecule has 0 radical (unpaired) electrons. The lowest BCUT2D eigenvalue weighted by molar-refractivity contribution is 0.0939. The number of nitrogens with one attached hydrogen (secondary N) is 1. The summed E-state index contributed by atoms with van der Waals surface area (Å²) >= 11 is 0. The maximum atomic E-state index is 13.9. The number of hydrogen-bond donors (Lipinski definition) is 1. The first-order valence-electron chi connectivity index (χ1n) is 8.46.